The third-order valence-corrected chi connectivity index (χ3v) is 4.25. The van der Waals surface area contributed by atoms with E-state index in [4.69, 9.17) is 9.15 Å². The summed E-state index contributed by atoms with van der Waals surface area (Å²) in [5.74, 6) is 1.05. The van der Waals surface area contributed by atoms with Crippen LogP contribution < -0.4 is 5.43 Å². The van der Waals surface area contributed by atoms with Crippen molar-refractivity contribution in [2.24, 2.45) is 5.10 Å². The Bertz CT molecular complexity index is 1160. The first-order valence-electron chi connectivity index (χ1n) is 8.96. The summed E-state index contributed by atoms with van der Waals surface area (Å²) in [5.41, 5.74) is 5.65. The first kappa shape index (κ1) is 20.7. The second-order valence-electron chi connectivity index (χ2n) is 6.54. The predicted molar refractivity (Wildman–Crippen MR) is 111 cm³/mol. The van der Waals surface area contributed by atoms with E-state index < -0.39 is 4.92 Å². The number of anilines is 1. The lowest BCUT2D eigenvalue weighted by molar-refractivity contribution is -0.384. The summed E-state index contributed by atoms with van der Waals surface area (Å²) in [6, 6.07) is 12.1. The SMILES string of the molecule is COCc1cc(C)nc(NN=Cc2ccc(-c3ccc(C)cc3[N+](=O)[O-])o2)c1C#N. The van der Waals surface area contributed by atoms with Crippen LogP contribution in [0, 0.1) is 35.3 Å². The molecule has 2 heterocycles. The number of nitriles is 1. The van der Waals surface area contributed by atoms with Gasteiger partial charge in [0.2, 0.25) is 0 Å². The van der Waals surface area contributed by atoms with Crippen LogP contribution in [0.15, 0.2) is 45.9 Å². The molecule has 0 aliphatic rings. The minimum absolute atomic E-state index is 0.0285. The van der Waals surface area contributed by atoms with Gasteiger partial charge in [0.15, 0.2) is 5.82 Å². The van der Waals surface area contributed by atoms with Gasteiger partial charge in [-0.25, -0.2) is 4.98 Å². The highest BCUT2D eigenvalue weighted by Gasteiger charge is 2.18. The maximum atomic E-state index is 11.3. The Balaban J connectivity index is 1.83. The lowest BCUT2D eigenvalue weighted by Gasteiger charge is -2.08. The number of aromatic nitrogens is 1. The number of nitro benzene ring substituents is 1. The summed E-state index contributed by atoms with van der Waals surface area (Å²) in [5, 5.41) is 24.9. The molecule has 9 heteroatoms. The number of hydrogen-bond donors (Lipinski definition) is 1. The zero-order chi connectivity index (χ0) is 21.7. The maximum absolute atomic E-state index is 11.3. The first-order chi connectivity index (χ1) is 14.4. The highest BCUT2D eigenvalue weighted by molar-refractivity contribution is 5.79. The van der Waals surface area contributed by atoms with E-state index in [-0.39, 0.29) is 12.3 Å². The molecule has 30 heavy (non-hydrogen) atoms. The van der Waals surface area contributed by atoms with Crippen molar-refractivity contribution in [1.29, 1.82) is 5.26 Å². The number of furan rings is 1. The molecule has 1 N–H and O–H groups in total. The van der Waals surface area contributed by atoms with Gasteiger partial charge in [-0.1, -0.05) is 6.07 Å². The quantitative estimate of drug-likeness (QED) is 0.352. The molecule has 0 fully saturated rings. The van der Waals surface area contributed by atoms with Crippen molar-refractivity contribution in [2.75, 3.05) is 12.5 Å². The number of nitro groups is 1. The van der Waals surface area contributed by atoms with Crippen molar-refractivity contribution in [3.8, 4) is 17.4 Å². The topological polar surface area (TPSA) is 127 Å². The molecule has 0 aliphatic heterocycles. The van der Waals surface area contributed by atoms with Crippen LogP contribution in [0.25, 0.3) is 11.3 Å². The number of ether oxygens (including phenoxy) is 1. The number of methoxy groups -OCH3 is 1. The minimum Gasteiger partial charge on any atom is -0.455 e. The van der Waals surface area contributed by atoms with E-state index in [1.54, 1.807) is 44.4 Å². The van der Waals surface area contributed by atoms with Crippen LogP contribution in [-0.2, 0) is 11.3 Å². The number of benzene rings is 1. The number of rotatable bonds is 7. The molecule has 0 unspecified atom stereocenters. The molecule has 0 bridgehead atoms. The molecule has 0 spiro atoms. The maximum Gasteiger partial charge on any atom is 0.280 e. The standard InChI is InChI=1S/C21H19N5O4/c1-13-4-6-17(19(8-13)26(27)28)20-7-5-16(30-20)11-23-25-21-18(10-22)15(12-29-3)9-14(2)24-21/h4-9,11H,12H2,1-3H3,(H,24,25). The second-order valence-corrected chi connectivity index (χ2v) is 6.54. The molecule has 0 atom stereocenters. The molecule has 3 rings (SSSR count). The van der Waals surface area contributed by atoms with Gasteiger partial charge in [-0.15, -0.1) is 0 Å². The van der Waals surface area contributed by atoms with E-state index in [9.17, 15) is 15.4 Å². The number of nitrogens with one attached hydrogen (secondary N) is 1. The Labute approximate surface area is 172 Å². The molecule has 2 aromatic heterocycles. The molecular formula is C21H19N5O4. The zero-order valence-corrected chi connectivity index (χ0v) is 16.7. The number of aryl methyl sites for hydroxylation is 2. The van der Waals surface area contributed by atoms with Crippen molar-refractivity contribution in [3.05, 3.63) is 74.7 Å². The molecule has 0 aliphatic carbocycles. The van der Waals surface area contributed by atoms with Gasteiger partial charge in [-0.05, 0) is 43.7 Å². The molecule has 3 aromatic rings. The van der Waals surface area contributed by atoms with E-state index in [0.717, 1.165) is 5.56 Å². The third-order valence-electron chi connectivity index (χ3n) is 4.25. The lowest BCUT2D eigenvalue weighted by atomic mass is 10.1. The molecule has 9 nitrogen and oxygen atoms in total. The van der Waals surface area contributed by atoms with Crippen LogP contribution in [0.4, 0.5) is 11.5 Å². The lowest BCUT2D eigenvalue weighted by Crippen LogP contribution is -2.03. The molecule has 0 saturated heterocycles. The van der Waals surface area contributed by atoms with Crippen molar-refractivity contribution < 1.29 is 14.1 Å². The van der Waals surface area contributed by atoms with Gasteiger partial charge in [0, 0.05) is 24.4 Å². The van der Waals surface area contributed by atoms with Gasteiger partial charge in [0.1, 0.15) is 23.2 Å². The van der Waals surface area contributed by atoms with Crippen LogP contribution in [0.1, 0.15) is 28.1 Å². The average molecular weight is 405 g/mol. The average Bonchev–Trinajstić information content (AvgIpc) is 3.16. The molecule has 0 saturated carbocycles. The molecule has 0 amide bonds. The Morgan fingerprint density at radius 2 is 2.13 bits per heavy atom. The fourth-order valence-corrected chi connectivity index (χ4v) is 2.94. The number of nitrogens with zero attached hydrogens (tertiary/aromatic N) is 4. The fraction of sp³-hybridized carbons (Fsp3) is 0.190. The highest BCUT2D eigenvalue weighted by atomic mass is 16.6. The summed E-state index contributed by atoms with van der Waals surface area (Å²) >= 11 is 0. The van der Waals surface area contributed by atoms with Crippen LogP contribution in [-0.4, -0.2) is 23.2 Å². The van der Waals surface area contributed by atoms with Crippen LogP contribution in [0.5, 0.6) is 0 Å². The summed E-state index contributed by atoms with van der Waals surface area (Å²) in [6.07, 6.45) is 1.41. The normalized spacial score (nSPS) is 10.9. The number of pyridine rings is 1. The summed E-state index contributed by atoms with van der Waals surface area (Å²) < 4.78 is 10.8. The fourth-order valence-electron chi connectivity index (χ4n) is 2.94. The van der Waals surface area contributed by atoms with Crippen LogP contribution in [0.3, 0.4) is 0 Å². The van der Waals surface area contributed by atoms with Crippen molar-refractivity contribution in [3.63, 3.8) is 0 Å². The third kappa shape index (κ3) is 4.51. The number of hydrazone groups is 1. The van der Waals surface area contributed by atoms with Gasteiger partial charge < -0.3 is 9.15 Å². The molecular weight excluding hydrogens is 386 g/mol. The van der Waals surface area contributed by atoms with Gasteiger partial charge in [-0.3, -0.25) is 15.5 Å². The van der Waals surface area contributed by atoms with E-state index in [1.165, 1.54) is 12.3 Å². The Hall–Kier alpha value is -4.03. The highest BCUT2D eigenvalue weighted by Crippen LogP contribution is 2.31. The summed E-state index contributed by atoms with van der Waals surface area (Å²) in [7, 11) is 1.55. The van der Waals surface area contributed by atoms with Crippen LogP contribution in [0.2, 0.25) is 0 Å². The smallest absolute Gasteiger partial charge is 0.280 e. The summed E-state index contributed by atoms with van der Waals surface area (Å²) in [6.45, 7) is 3.87. The Morgan fingerprint density at radius 1 is 1.33 bits per heavy atom. The van der Waals surface area contributed by atoms with Gasteiger partial charge in [0.25, 0.3) is 5.69 Å². The van der Waals surface area contributed by atoms with Gasteiger partial charge >= 0.3 is 0 Å². The minimum atomic E-state index is -0.440. The van der Waals surface area contributed by atoms with Crippen molar-refractivity contribution >= 4 is 17.7 Å². The monoisotopic (exact) mass is 405 g/mol. The van der Waals surface area contributed by atoms with Gasteiger partial charge in [-0.2, -0.15) is 10.4 Å². The first-order valence-corrected chi connectivity index (χ1v) is 8.96. The van der Waals surface area contributed by atoms with Crippen molar-refractivity contribution in [2.45, 2.75) is 20.5 Å². The number of hydrogen-bond acceptors (Lipinski definition) is 8. The van der Waals surface area contributed by atoms with E-state index >= 15 is 0 Å². The Kier molecular flexibility index (Phi) is 6.20. The molecule has 1 aromatic carbocycles. The van der Waals surface area contributed by atoms with Crippen molar-refractivity contribution in [1.82, 2.24) is 4.98 Å². The van der Waals surface area contributed by atoms with Crippen LogP contribution >= 0.6 is 0 Å². The summed E-state index contributed by atoms with van der Waals surface area (Å²) in [4.78, 5) is 15.2. The van der Waals surface area contributed by atoms with Gasteiger partial charge in [0.05, 0.1) is 23.3 Å². The largest absolute Gasteiger partial charge is 0.455 e. The van der Waals surface area contributed by atoms with E-state index in [2.05, 4.69) is 21.6 Å². The second kappa shape index (κ2) is 8.98. The van der Waals surface area contributed by atoms with E-state index in [1.807, 2.05) is 6.92 Å². The Morgan fingerprint density at radius 3 is 2.83 bits per heavy atom. The molecule has 152 valence electrons. The molecule has 0 radical (unpaired) electrons. The predicted octanol–water partition coefficient (Wildman–Crippen LogP) is 4.33. The zero-order valence-electron chi connectivity index (χ0n) is 16.7. The van der Waals surface area contributed by atoms with E-state index in [0.29, 0.717) is 39.7 Å².